The first-order valence-electron chi connectivity index (χ1n) is 6.50. The van der Waals surface area contributed by atoms with Gasteiger partial charge < -0.3 is 9.30 Å². The molecule has 1 atom stereocenters. The number of aromatic nitrogens is 1. The van der Waals surface area contributed by atoms with Crippen molar-refractivity contribution >= 4 is 23.2 Å². The third-order valence-electron chi connectivity index (χ3n) is 3.49. The number of hydrogen-bond acceptors (Lipinski definition) is 4. The van der Waals surface area contributed by atoms with Crippen LogP contribution in [0.25, 0.3) is 0 Å². The molecule has 0 N–H and O–H groups in total. The van der Waals surface area contributed by atoms with Crippen molar-refractivity contribution in [3.05, 3.63) is 51.8 Å². The summed E-state index contributed by atoms with van der Waals surface area (Å²) in [5.41, 5.74) is 0.0856. The van der Waals surface area contributed by atoms with Gasteiger partial charge in [-0.25, -0.2) is 4.79 Å². The number of benzene rings is 1. The Labute approximate surface area is 125 Å². The van der Waals surface area contributed by atoms with E-state index in [0.29, 0.717) is 16.8 Å². The first kappa shape index (κ1) is 13.8. The van der Waals surface area contributed by atoms with E-state index < -0.39 is 17.5 Å². The second-order valence-electron chi connectivity index (χ2n) is 5.17. The summed E-state index contributed by atoms with van der Waals surface area (Å²) in [5.74, 6) is -0.915. The highest BCUT2D eigenvalue weighted by molar-refractivity contribution is 7.07. The minimum Gasteiger partial charge on any atom is -0.445 e. The summed E-state index contributed by atoms with van der Waals surface area (Å²) in [6.07, 6.45) is 2.16. The number of rotatable bonds is 1. The molecule has 21 heavy (non-hydrogen) atoms. The fraction of sp³-hybridized carbons (Fsp3) is 0.267. The number of fused-ring (bicyclic) bond motifs is 1. The molecule has 1 aromatic heterocycles. The summed E-state index contributed by atoms with van der Waals surface area (Å²) in [4.78, 5) is 29.2. The Bertz CT molecular complexity index is 790. The highest BCUT2D eigenvalue weighted by Crippen LogP contribution is 2.28. The van der Waals surface area contributed by atoms with E-state index >= 15 is 0 Å². The molecule has 1 aromatic carbocycles. The van der Waals surface area contributed by atoms with Crippen molar-refractivity contribution in [3.8, 4) is 0 Å². The van der Waals surface area contributed by atoms with Crippen molar-refractivity contribution in [3.63, 3.8) is 0 Å². The zero-order valence-electron chi connectivity index (χ0n) is 11.7. The maximum Gasteiger partial charge on any atom is 0.339 e. The molecular formula is C15H14N2O3S. The highest BCUT2D eigenvalue weighted by Gasteiger charge is 2.42. The van der Waals surface area contributed by atoms with Gasteiger partial charge >= 0.3 is 5.97 Å². The average molecular weight is 302 g/mol. The normalized spacial score (nSPS) is 21.8. The number of aryl methyl sites for hydroxylation is 1. The number of nitrogens with zero attached hydrogens (tertiary/aromatic N) is 2. The van der Waals surface area contributed by atoms with Crippen molar-refractivity contribution in [1.82, 2.24) is 4.57 Å². The predicted octanol–water partition coefficient (Wildman–Crippen LogP) is 1.69. The van der Waals surface area contributed by atoms with Gasteiger partial charge in [0.25, 0.3) is 5.91 Å². The van der Waals surface area contributed by atoms with Crippen LogP contribution in [0, 0.1) is 0 Å². The molecule has 0 bridgehead atoms. The SMILES string of the molecule is Cn1ccsc1=NC(=O)C1(C)Cc2ccccc2C(=O)O1. The van der Waals surface area contributed by atoms with Crippen molar-refractivity contribution in [2.75, 3.05) is 0 Å². The number of hydrogen-bond donors (Lipinski definition) is 0. The number of esters is 1. The molecule has 1 aliphatic rings. The van der Waals surface area contributed by atoms with E-state index in [-0.39, 0.29) is 0 Å². The number of ether oxygens (including phenoxy) is 1. The molecule has 0 radical (unpaired) electrons. The number of thiazole rings is 1. The van der Waals surface area contributed by atoms with E-state index in [1.165, 1.54) is 11.3 Å². The minimum atomic E-state index is -1.25. The summed E-state index contributed by atoms with van der Waals surface area (Å²) in [6.45, 7) is 1.61. The lowest BCUT2D eigenvalue weighted by Crippen LogP contribution is -2.45. The van der Waals surface area contributed by atoms with Gasteiger partial charge in [-0.1, -0.05) is 18.2 Å². The molecule has 0 saturated carbocycles. The molecule has 1 amide bonds. The van der Waals surface area contributed by atoms with Crippen LogP contribution in [0.1, 0.15) is 22.8 Å². The fourth-order valence-corrected chi connectivity index (χ4v) is 3.02. The average Bonchev–Trinajstić information content (AvgIpc) is 2.84. The van der Waals surface area contributed by atoms with E-state index in [0.717, 1.165) is 5.56 Å². The Kier molecular flexibility index (Phi) is 3.25. The van der Waals surface area contributed by atoms with Gasteiger partial charge in [-0.2, -0.15) is 4.99 Å². The largest absolute Gasteiger partial charge is 0.445 e. The van der Waals surface area contributed by atoms with Crippen molar-refractivity contribution < 1.29 is 14.3 Å². The van der Waals surface area contributed by atoms with Crippen LogP contribution in [0.15, 0.2) is 40.8 Å². The molecule has 0 saturated heterocycles. The van der Waals surface area contributed by atoms with Crippen molar-refractivity contribution in [2.24, 2.45) is 12.0 Å². The molecular weight excluding hydrogens is 288 g/mol. The van der Waals surface area contributed by atoms with Crippen LogP contribution in [-0.4, -0.2) is 22.0 Å². The van der Waals surface area contributed by atoms with Crippen LogP contribution in [-0.2, 0) is 23.0 Å². The second kappa shape index (κ2) is 4.96. The fourth-order valence-electron chi connectivity index (χ4n) is 2.29. The van der Waals surface area contributed by atoms with Gasteiger partial charge in [-0.15, -0.1) is 11.3 Å². The van der Waals surface area contributed by atoms with E-state index in [1.54, 1.807) is 23.6 Å². The monoisotopic (exact) mass is 302 g/mol. The third-order valence-corrected chi connectivity index (χ3v) is 4.34. The van der Waals surface area contributed by atoms with Gasteiger partial charge in [0, 0.05) is 25.0 Å². The number of carbonyl (C=O) groups excluding carboxylic acids is 2. The summed E-state index contributed by atoms with van der Waals surface area (Å²) in [5, 5.41) is 1.84. The number of cyclic esters (lactones) is 1. The van der Waals surface area contributed by atoms with E-state index in [2.05, 4.69) is 4.99 Å². The highest BCUT2D eigenvalue weighted by atomic mass is 32.1. The second-order valence-corrected chi connectivity index (χ2v) is 6.04. The van der Waals surface area contributed by atoms with Crippen molar-refractivity contribution in [1.29, 1.82) is 0 Å². The van der Waals surface area contributed by atoms with Crippen LogP contribution < -0.4 is 4.80 Å². The van der Waals surface area contributed by atoms with Gasteiger partial charge in [0.05, 0.1) is 5.56 Å². The topological polar surface area (TPSA) is 60.7 Å². The van der Waals surface area contributed by atoms with Gasteiger partial charge in [-0.05, 0) is 18.6 Å². The van der Waals surface area contributed by atoms with Crippen LogP contribution in [0.5, 0.6) is 0 Å². The first-order valence-corrected chi connectivity index (χ1v) is 7.38. The first-order chi connectivity index (χ1) is 9.99. The number of amides is 1. The Hall–Kier alpha value is -2.21. The smallest absolute Gasteiger partial charge is 0.339 e. The van der Waals surface area contributed by atoms with Gasteiger partial charge in [0.1, 0.15) is 0 Å². The molecule has 5 nitrogen and oxygen atoms in total. The minimum absolute atomic E-state index is 0.340. The van der Waals surface area contributed by atoms with E-state index in [9.17, 15) is 9.59 Å². The van der Waals surface area contributed by atoms with Crippen LogP contribution in [0.4, 0.5) is 0 Å². The Morgan fingerprint density at radius 2 is 2.19 bits per heavy atom. The van der Waals surface area contributed by atoms with Crippen molar-refractivity contribution in [2.45, 2.75) is 18.9 Å². The zero-order valence-corrected chi connectivity index (χ0v) is 12.5. The molecule has 1 unspecified atom stereocenters. The molecule has 3 rings (SSSR count). The quantitative estimate of drug-likeness (QED) is 0.753. The van der Waals surface area contributed by atoms with Gasteiger partial charge in [0.2, 0.25) is 0 Å². The maximum absolute atomic E-state index is 12.4. The van der Waals surface area contributed by atoms with E-state index in [1.807, 2.05) is 30.8 Å². The molecule has 2 aromatic rings. The van der Waals surface area contributed by atoms with Gasteiger partial charge in [0.15, 0.2) is 10.4 Å². The summed E-state index contributed by atoms with van der Waals surface area (Å²) in [6, 6.07) is 7.17. The molecule has 6 heteroatoms. The summed E-state index contributed by atoms with van der Waals surface area (Å²) < 4.78 is 7.12. The maximum atomic E-state index is 12.4. The number of carbonyl (C=O) groups is 2. The summed E-state index contributed by atoms with van der Waals surface area (Å²) in [7, 11) is 1.81. The Balaban J connectivity index is 1.98. The Morgan fingerprint density at radius 3 is 2.90 bits per heavy atom. The third kappa shape index (κ3) is 2.42. The van der Waals surface area contributed by atoms with E-state index in [4.69, 9.17) is 4.74 Å². The lowest BCUT2D eigenvalue weighted by molar-refractivity contribution is -0.136. The predicted molar refractivity (Wildman–Crippen MR) is 77.8 cm³/mol. The van der Waals surface area contributed by atoms with Crippen LogP contribution >= 0.6 is 11.3 Å². The molecule has 1 aliphatic heterocycles. The zero-order chi connectivity index (χ0) is 15.0. The molecule has 108 valence electrons. The van der Waals surface area contributed by atoms with Crippen LogP contribution in [0.2, 0.25) is 0 Å². The van der Waals surface area contributed by atoms with Gasteiger partial charge in [-0.3, -0.25) is 4.79 Å². The molecule has 0 aliphatic carbocycles. The summed E-state index contributed by atoms with van der Waals surface area (Å²) >= 11 is 1.36. The molecule has 0 fully saturated rings. The van der Waals surface area contributed by atoms with Crippen LogP contribution in [0.3, 0.4) is 0 Å². The lowest BCUT2D eigenvalue weighted by Gasteiger charge is -2.31. The standard InChI is InChI=1S/C15H14N2O3S/c1-15(13(19)16-14-17(2)7-8-21-14)9-10-5-3-4-6-11(10)12(18)20-15/h3-8H,9H2,1-2H3. The molecule has 2 heterocycles. The lowest BCUT2D eigenvalue weighted by atomic mass is 9.89. The Morgan fingerprint density at radius 1 is 1.43 bits per heavy atom. The molecule has 0 spiro atoms.